The normalized spacial score (nSPS) is 11.2. The highest BCUT2D eigenvalue weighted by Crippen LogP contribution is 2.25. The molecular weight excluding hydrogens is 262 g/mol. The molecule has 1 heterocycles. The molecule has 0 aliphatic carbocycles. The molecule has 2 rings (SSSR count). The molecule has 4 heteroatoms. The number of nitrogen functional groups attached to an aromatic ring is 1. The number of nitrogens with two attached hydrogens (primary N) is 1. The Kier molecular flexibility index (Phi) is 3.98. The number of hydrogen-bond donors (Lipinski definition) is 2. The summed E-state index contributed by atoms with van der Waals surface area (Å²) in [5.74, 6) is 0.491. The summed E-state index contributed by atoms with van der Waals surface area (Å²) in [5.41, 5.74) is 8.59. The third kappa shape index (κ3) is 3.40. The van der Waals surface area contributed by atoms with Crippen molar-refractivity contribution in [2.45, 2.75) is 33.1 Å². The number of carbonyl (C=O) groups is 1. The highest BCUT2D eigenvalue weighted by Gasteiger charge is 2.30. The van der Waals surface area contributed by atoms with Crippen molar-refractivity contribution in [1.82, 2.24) is 4.98 Å². The molecule has 0 fully saturated rings. The Balaban J connectivity index is 2.23. The summed E-state index contributed by atoms with van der Waals surface area (Å²) in [6, 6.07) is 11.2. The van der Waals surface area contributed by atoms with Gasteiger partial charge in [-0.3, -0.25) is 4.79 Å². The van der Waals surface area contributed by atoms with Gasteiger partial charge in [-0.25, -0.2) is 4.98 Å². The maximum atomic E-state index is 12.6. The predicted octanol–water partition coefficient (Wildman–Crippen LogP) is 3.20. The molecule has 0 aliphatic heterocycles. The molecule has 2 aromatic rings. The van der Waals surface area contributed by atoms with Crippen LogP contribution in [0, 0.1) is 13.8 Å². The zero-order valence-corrected chi connectivity index (χ0v) is 12.9. The maximum Gasteiger partial charge on any atom is 0.235 e. The first kappa shape index (κ1) is 15.0. The van der Waals surface area contributed by atoms with Gasteiger partial charge in [-0.05, 0) is 63.1 Å². The molecule has 21 heavy (non-hydrogen) atoms. The lowest BCUT2D eigenvalue weighted by Gasteiger charge is -2.24. The largest absolute Gasteiger partial charge is 0.399 e. The number of anilines is 2. The second-order valence-corrected chi connectivity index (χ2v) is 5.87. The summed E-state index contributed by atoms with van der Waals surface area (Å²) in [6.45, 7) is 7.66. The highest BCUT2D eigenvalue weighted by atomic mass is 16.2. The van der Waals surface area contributed by atoms with E-state index in [1.807, 2.05) is 52.0 Å². The molecule has 0 spiro atoms. The van der Waals surface area contributed by atoms with Crippen LogP contribution >= 0.6 is 0 Å². The van der Waals surface area contributed by atoms with Crippen molar-refractivity contribution in [3.05, 3.63) is 53.2 Å². The molecule has 0 radical (unpaired) electrons. The van der Waals surface area contributed by atoms with Crippen LogP contribution in [-0.2, 0) is 10.2 Å². The minimum atomic E-state index is -0.660. The van der Waals surface area contributed by atoms with Crippen LogP contribution in [0.25, 0.3) is 0 Å². The number of amides is 1. The van der Waals surface area contributed by atoms with Crippen LogP contribution in [0.5, 0.6) is 0 Å². The number of carbonyl (C=O) groups excluding carboxylic acids is 1. The van der Waals surface area contributed by atoms with Crippen molar-refractivity contribution in [1.29, 1.82) is 0 Å². The molecule has 1 aromatic carbocycles. The van der Waals surface area contributed by atoms with Gasteiger partial charge in [-0.2, -0.15) is 0 Å². The molecule has 0 saturated carbocycles. The van der Waals surface area contributed by atoms with Gasteiger partial charge in [-0.15, -0.1) is 0 Å². The first-order valence-electron chi connectivity index (χ1n) is 6.92. The Hall–Kier alpha value is -2.36. The summed E-state index contributed by atoms with van der Waals surface area (Å²) in [6.07, 6.45) is 0. The van der Waals surface area contributed by atoms with Crippen molar-refractivity contribution in [3.63, 3.8) is 0 Å². The van der Waals surface area contributed by atoms with Crippen molar-refractivity contribution >= 4 is 17.4 Å². The van der Waals surface area contributed by atoms with Gasteiger partial charge in [0.15, 0.2) is 0 Å². The topological polar surface area (TPSA) is 68.0 Å². The fraction of sp³-hybridized carbons (Fsp3) is 0.294. The Morgan fingerprint density at radius 3 is 2.33 bits per heavy atom. The van der Waals surface area contributed by atoms with Gasteiger partial charge >= 0.3 is 0 Å². The van der Waals surface area contributed by atoms with Crippen LogP contribution in [-0.4, -0.2) is 10.9 Å². The van der Waals surface area contributed by atoms with Crippen LogP contribution in [0.4, 0.5) is 11.5 Å². The fourth-order valence-electron chi connectivity index (χ4n) is 2.21. The summed E-state index contributed by atoms with van der Waals surface area (Å²) in [4.78, 5) is 16.9. The summed E-state index contributed by atoms with van der Waals surface area (Å²) >= 11 is 0. The highest BCUT2D eigenvalue weighted by molar-refractivity contribution is 5.98. The molecule has 0 aliphatic rings. The minimum absolute atomic E-state index is 0.0928. The fourth-order valence-corrected chi connectivity index (χ4v) is 2.21. The third-order valence-corrected chi connectivity index (χ3v) is 3.54. The lowest BCUT2D eigenvalue weighted by Crippen LogP contribution is -2.35. The Morgan fingerprint density at radius 2 is 1.76 bits per heavy atom. The van der Waals surface area contributed by atoms with E-state index in [2.05, 4.69) is 10.3 Å². The number of nitrogens with one attached hydrogen (secondary N) is 1. The van der Waals surface area contributed by atoms with E-state index in [1.54, 1.807) is 12.1 Å². The van der Waals surface area contributed by atoms with Crippen molar-refractivity contribution < 1.29 is 4.79 Å². The molecule has 1 aromatic heterocycles. The van der Waals surface area contributed by atoms with E-state index in [-0.39, 0.29) is 5.91 Å². The first-order valence-corrected chi connectivity index (χ1v) is 6.92. The number of nitrogens with zero attached hydrogens (tertiary/aromatic N) is 1. The third-order valence-electron chi connectivity index (χ3n) is 3.54. The van der Waals surface area contributed by atoms with E-state index in [9.17, 15) is 4.79 Å². The van der Waals surface area contributed by atoms with Crippen molar-refractivity contribution in [2.24, 2.45) is 0 Å². The van der Waals surface area contributed by atoms with Gasteiger partial charge in [0, 0.05) is 11.4 Å². The van der Waals surface area contributed by atoms with Gasteiger partial charge < -0.3 is 11.1 Å². The molecule has 0 bridgehead atoms. The number of rotatable bonds is 3. The summed E-state index contributed by atoms with van der Waals surface area (Å²) in [5, 5.41) is 2.90. The molecule has 0 atom stereocenters. The van der Waals surface area contributed by atoms with E-state index in [0.29, 0.717) is 11.5 Å². The Bertz CT molecular complexity index is 640. The average Bonchev–Trinajstić information content (AvgIpc) is 2.37. The van der Waals surface area contributed by atoms with E-state index < -0.39 is 5.41 Å². The zero-order chi connectivity index (χ0) is 15.6. The molecule has 1 amide bonds. The minimum Gasteiger partial charge on any atom is -0.399 e. The molecule has 0 saturated heterocycles. The summed E-state index contributed by atoms with van der Waals surface area (Å²) in [7, 11) is 0. The first-order chi connectivity index (χ1) is 9.79. The molecule has 110 valence electrons. The predicted molar refractivity (Wildman–Crippen MR) is 86.2 cm³/mol. The van der Waals surface area contributed by atoms with E-state index in [1.165, 1.54) is 0 Å². The van der Waals surface area contributed by atoms with Gasteiger partial charge in [0.2, 0.25) is 5.91 Å². The van der Waals surface area contributed by atoms with E-state index in [4.69, 9.17) is 5.73 Å². The van der Waals surface area contributed by atoms with Gasteiger partial charge in [0.25, 0.3) is 0 Å². The Labute approximate surface area is 125 Å². The van der Waals surface area contributed by atoms with Crippen LogP contribution < -0.4 is 11.1 Å². The van der Waals surface area contributed by atoms with Gasteiger partial charge in [0.05, 0.1) is 5.41 Å². The summed E-state index contributed by atoms with van der Waals surface area (Å²) < 4.78 is 0. The quantitative estimate of drug-likeness (QED) is 0.850. The number of aryl methyl sites for hydroxylation is 2. The lowest BCUT2D eigenvalue weighted by molar-refractivity contribution is -0.120. The van der Waals surface area contributed by atoms with Crippen LogP contribution in [0.2, 0.25) is 0 Å². The van der Waals surface area contributed by atoms with Crippen molar-refractivity contribution in [3.8, 4) is 0 Å². The number of pyridine rings is 1. The SMILES string of the molecule is Cc1cc(C)nc(NC(=O)C(C)(C)c2ccc(N)cc2)c1. The second kappa shape index (κ2) is 5.56. The van der Waals surface area contributed by atoms with Gasteiger partial charge in [-0.1, -0.05) is 12.1 Å². The molecule has 3 N–H and O–H groups in total. The van der Waals surface area contributed by atoms with Crippen molar-refractivity contribution in [2.75, 3.05) is 11.1 Å². The lowest BCUT2D eigenvalue weighted by atomic mass is 9.83. The van der Waals surface area contributed by atoms with Gasteiger partial charge in [0.1, 0.15) is 5.82 Å². The van der Waals surface area contributed by atoms with E-state index >= 15 is 0 Å². The molecule has 0 unspecified atom stereocenters. The second-order valence-electron chi connectivity index (χ2n) is 5.87. The zero-order valence-electron chi connectivity index (χ0n) is 12.9. The standard InChI is InChI=1S/C17H21N3O/c1-11-9-12(2)19-15(10-11)20-16(21)17(3,4)13-5-7-14(18)8-6-13/h5-10H,18H2,1-4H3,(H,19,20,21). The molecular formula is C17H21N3O. The number of hydrogen-bond acceptors (Lipinski definition) is 3. The van der Waals surface area contributed by atoms with Crippen LogP contribution in [0.1, 0.15) is 30.7 Å². The van der Waals surface area contributed by atoms with Crippen LogP contribution in [0.15, 0.2) is 36.4 Å². The maximum absolute atomic E-state index is 12.6. The molecule has 4 nitrogen and oxygen atoms in total. The Morgan fingerprint density at radius 1 is 1.14 bits per heavy atom. The number of benzene rings is 1. The average molecular weight is 283 g/mol. The van der Waals surface area contributed by atoms with E-state index in [0.717, 1.165) is 16.8 Å². The monoisotopic (exact) mass is 283 g/mol. The number of aromatic nitrogens is 1. The smallest absolute Gasteiger partial charge is 0.235 e. The van der Waals surface area contributed by atoms with Crippen LogP contribution in [0.3, 0.4) is 0 Å².